The molecule has 0 saturated heterocycles. The van der Waals surface area contributed by atoms with Crippen molar-refractivity contribution in [2.75, 3.05) is 29.1 Å². The number of aryl methyl sites for hydroxylation is 1. The number of hydrogen-bond acceptors (Lipinski definition) is 11. The zero-order valence-electron chi connectivity index (χ0n) is 19.8. The van der Waals surface area contributed by atoms with Crippen LogP contribution in [-0.4, -0.2) is 31.8 Å². The van der Waals surface area contributed by atoms with Crippen molar-refractivity contribution in [3.8, 4) is 24.2 Å². The largest absolute Gasteiger partial charge is 0.395 e. The second kappa shape index (κ2) is 11.0. The molecule has 0 aliphatic heterocycles. The summed E-state index contributed by atoms with van der Waals surface area (Å²) < 4.78 is 1.36. The fourth-order valence-electron chi connectivity index (χ4n) is 3.14. The SMILES string of the molecule is CNc1nc(Nc2ccc(C#N)cc2)c(C#N)c(C)c1N.Cc1nn(-c2ncccn2)c(N)c1C#N. The maximum Gasteiger partial charge on any atom is 0.252 e. The van der Waals surface area contributed by atoms with Gasteiger partial charge in [0.15, 0.2) is 11.6 Å². The Hall–Kier alpha value is -5.67. The smallest absolute Gasteiger partial charge is 0.252 e. The van der Waals surface area contributed by atoms with Crippen LogP contribution in [0.15, 0.2) is 42.7 Å². The lowest BCUT2D eigenvalue weighted by Crippen LogP contribution is -2.07. The van der Waals surface area contributed by atoms with Crippen LogP contribution in [0.2, 0.25) is 0 Å². The van der Waals surface area contributed by atoms with Crippen LogP contribution in [-0.2, 0) is 0 Å². The lowest BCUT2D eigenvalue weighted by molar-refractivity contribution is 0.805. The maximum atomic E-state index is 9.30. The van der Waals surface area contributed by atoms with E-state index in [1.165, 1.54) is 4.68 Å². The topological polar surface area (TPSA) is 204 Å². The van der Waals surface area contributed by atoms with E-state index >= 15 is 0 Å². The highest BCUT2D eigenvalue weighted by molar-refractivity contribution is 5.76. The summed E-state index contributed by atoms with van der Waals surface area (Å²) in [4.78, 5) is 12.3. The molecule has 0 radical (unpaired) electrons. The molecule has 6 N–H and O–H groups in total. The summed E-state index contributed by atoms with van der Waals surface area (Å²) in [5.74, 6) is 1.57. The van der Waals surface area contributed by atoms with E-state index in [1.54, 1.807) is 63.6 Å². The minimum Gasteiger partial charge on any atom is -0.395 e. The normalized spacial score (nSPS) is 9.67. The van der Waals surface area contributed by atoms with Crippen molar-refractivity contribution in [2.45, 2.75) is 13.8 Å². The molecule has 0 aliphatic rings. The molecule has 12 heteroatoms. The molecule has 0 bridgehead atoms. The minimum atomic E-state index is 0.265. The zero-order chi connectivity index (χ0) is 26.2. The van der Waals surface area contributed by atoms with Crippen molar-refractivity contribution < 1.29 is 0 Å². The Labute approximate surface area is 207 Å². The Morgan fingerprint density at radius 2 is 1.53 bits per heavy atom. The van der Waals surface area contributed by atoms with Crippen molar-refractivity contribution in [1.29, 1.82) is 15.8 Å². The van der Waals surface area contributed by atoms with E-state index in [4.69, 9.17) is 22.0 Å². The molecule has 3 aromatic heterocycles. The number of pyridine rings is 1. The lowest BCUT2D eigenvalue weighted by atomic mass is 10.1. The van der Waals surface area contributed by atoms with Crippen LogP contribution < -0.4 is 22.1 Å². The first-order valence-electron chi connectivity index (χ1n) is 10.5. The fourth-order valence-corrected chi connectivity index (χ4v) is 3.14. The third-order valence-electron chi connectivity index (χ3n) is 5.07. The van der Waals surface area contributed by atoms with Crippen molar-refractivity contribution >= 4 is 28.8 Å². The third kappa shape index (κ3) is 5.11. The van der Waals surface area contributed by atoms with E-state index in [1.807, 2.05) is 6.07 Å². The molecule has 1 aromatic carbocycles. The molecule has 4 rings (SSSR count). The molecule has 36 heavy (non-hydrogen) atoms. The maximum absolute atomic E-state index is 9.30. The highest BCUT2D eigenvalue weighted by Gasteiger charge is 2.15. The molecule has 0 atom stereocenters. The predicted octanol–water partition coefficient (Wildman–Crippen LogP) is 2.93. The van der Waals surface area contributed by atoms with Gasteiger partial charge >= 0.3 is 0 Å². The zero-order valence-corrected chi connectivity index (χ0v) is 19.8. The average Bonchev–Trinajstić information content (AvgIpc) is 3.20. The van der Waals surface area contributed by atoms with Gasteiger partial charge in [0, 0.05) is 25.1 Å². The molecule has 0 amide bonds. The fraction of sp³-hybridized carbons (Fsp3) is 0.125. The van der Waals surface area contributed by atoms with Gasteiger partial charge in [-0.2, -0.15) is 25.6 Å². The Kier molecular flexibility index (Phi) is 7.60. The molecule has 4 aromatic rings. The summed E-state index contributed by atoms with van der Waals surface area (Å²) in [6.07, 6.45) is 3.18. The van der Waals surface area contributed by atoms with Gasteiger partial charge in [-0.3, -0.25) is 0 Å². The van der Waals surface area contributed by atoms with Gasteiger partial charge in [-0.05, 0) is 49.7 Å². The molecule has 178 valence electrons. The summed E-state index contributed by atoms with van der Waals surface area (Å²) in [7, 11) is 1.72. The number of nitrogens with two attached hydrogens (primary N) is 2. The van der Waals surface area contributed by atoms with E-state index in [2.05, 4.69) is 42.8 Å². The van der Waals surface area contributed by atoms with Gasteiger partial charge in [0.25, 0.3) is 5.95 Å². The molecule has 0 saturated carbocycles. The minimum absolute atomic E-state index is 0.265. The quantitative estimate of drug-likeness (QED) is 0.335. The highest BCUT2D eigenvalue weighted by atomic mass is 15.4. The number of hydrogen-bond donors (Lipinski definition) is 4. The summed E-state index contributed by atoms with van der Waals surface area (Å²) in [5, 5.41) is 37.0. The van der Waals surface area contributed by atoms with Gasteiger partial charge in [-0.25, -0.2) is 15.0 Å². The molecule has 3 heterocycles. The first-order valence-corrected chi connectivity index (χ1v) is 10.5. The molecular formula is C24H22N12. The van der Waals surface area contributed by atoms with Gasteiger partial charge in [-0.1, -0.05) is 0 Å². The summed E-state index contributed by atoms with van der Waals surface area (Å²) in [5.41, 5.74) is 15.4. The monoisotopic (exact) mass is 478 g/mol. The van der Waals surface area contributed by atoms with Crippen LogP contribution in [0.3, 0.4) is 0 Å². The number of benzene rings is 1. The van der Waals surface area contributed by atoms with Crippen LogP contribution >= 0.6 is 0 Å². The van der Waals surface area contributed by atoms with E-state index in [0.717, 1.165) is 5.69 Å². The molecular weight excluding hydrogens is 456 g/mol. The number of nitrogens with one attached hydrogen (secondary N) is 2. The van der Waals surface area contributed by atoms with Crippen molar-refractivity contribution in [3.05, 3.63) is 70.7 Å². The Bertz CT molecular complexity index is 1500. The lowest BCUT2D eigenvalue weighted by Gasteiger charge is -2.14. The number of nitrogens with zero attached hydrogens (tertiary/aromatic N) is 8. The molecule has 12 nitrogen and oxygen atoms in total. The van der Waals surface area contributed by atoms with Crippen molar-refractivity contribution in [2.24, 2.45) is 0 Å². The predicted molar refractivity (Wildman–Crippen MR) is 135 cm³/mol. The summed E-state index contributed by atoms with van der Waals surface area (Å²) >= 11 is 0. The second-order valence-corrected chi connectivity index (χ2v) is 7.32. The molecule has 0 unspecified atom stereocenters. The van der Waals surface area contributed by atoms with Gasteiger partial charge in [0.1, 0.15) is 23.5 Å². The first-order chi connectivity index (χ1) is 17.3. The number of anilines is 5. The van der Waals surface area contributed by atoms with Crippen LogP contribution in [0.1, 0.15) is 27.9 Å². The highest BCUT2D eigenvalue weighted by Crippen LogP contribution is 2.30. The van der Waals surface area contributed by atoms with Crippen molar-refractivity contribution in [1.82, 2.24) is 24.7 Å². The van der Waals surface area contributed by atoms with E-state index < -0.39 is 0 Å². The summed E-state index contributed by atoms with van der Waals surface area (Å²) in [6.45, 7) is 3.49. The Morgan fingerprint density at radius 3 is 2.06 bits per heavy atom. The van der Waals surface area contributed by atoms with Gasteiger partial charge < -0.3 is 22.1 Å². The number of aromatic nitrogens is 5. The molecule has 0 spiro atoms. The van der Waals surface area contributed by atoms with E-state index in [9.17, 15) is 5.26 Å². The first kappa shape index (κ1) is 25.0. The summed E-state index contributed by atoms with van der Waals surface area (Å²) in [6, 6.07) is 14.7. The van der Waals surface area contributed by atoms with E-state index in [0.29, 0.717) is 51.2 Å². The number of nitrogen functional groups attached to an aromatic ring is 2. The van der Waals surface area contributed by atoms with Crippen molar-refractivity contribution in [3.63, 3.8) is 0 Å². The number of rotatable bonds is 4. The third-order valence-corrected chi connectivity index (χ3v) is 5.07. The Balaban J connectivity index is 0.000000212. The van der Waals surface area contributed by atoms with E-state index in [-0.39, 0.29) is 5.82 Å². The van der Waals surface area contributed by atoms with Gasteiger partial charge in [0.05, 0.1) is 28.6 Å². The van der Waals surface area contributed by atoms with Gasteiger partial charge in [-0.15, -0.1) is 0 Å². The Morgan fingerprint density at radius 1 is 0.889 bits per heavy atom. The van der Waals surface area contributed by atoms with Gasteiger partial charge in [0.2, 0.25) is 0 Å². The standard InChI is InChI=1S/C15H14N6.C9H8N6/c1-9-12(8-17)14(21-15(19-2)13(9)18)20-11-5-3-10(7-16)4-6-11;1-6-7(5-10)8(11)15(14-6)9-12-3-2-4-13-9/h3-6H,18H2,1-2H3,(H2,19,20,21);2-4H,11H2,1H3. The van der Waals surface area contributed by atoms with Crippen LogP contribution in [0.4, 0.5) is 28.8 Å². The second-order valence-electron chi connectivity index (χ2n) is 7.32. The van der Waals surface area contributed by atoms with Crippen LogP contribution in [0.5, 0.6) is 0 Å². The molecule has 0 fully saturated rings. The number of nitriles is 3. The van der Waals surface area contributed by atoms with Crippen LogP contribution in [0.25, 0.3) is 5.95 Å². The average molecular weight is 479 g/mol. The van der Waals surface area contributed by atoms with Crippen LogP contribution in [0, 0.1) is 47.8 Å². The molecule has 0 aliphatic carbocycles.